The van der Waals surface area contributed by atoms with Crippen LogP contribution >= 0.6 is 0 Å². The molecule has 1 heterocycles. The number of alkyl halides is 3. The molecule has 0 saturated heterocycles. The second kappa shape index (κ2) is 10.6. The number of pyridine rings is 1. The van der Waals surface area contributed by atoms with Crippen molar-refractivity contribution in [3.8, 4) is 17.2 Å². The van der Waals surface area contributed by atoms with E-state index < -0.39 is 6.36 Å². The molecule has 35 heavy (non-hydrogen) atoms. The van der Waals surface area contributed by atoms with Gasteiger partial charge in [-0.05, 0) is 66.2 Å². The third-order valence-corrected chi connectivity index (χ3v) is 4.86. The van der Waals surface area contributed by atoms with Crippen LogP contribution in [0, 0.1) is 0 Å². The molecule has 0 radical (unpaired) electrons. The monoisotopic (exact) mass is 479 g/mol. The van der Waals surface area contributed by atoms with Crippen LogP contribution in [-0.2, 0) is 11.3 Å². The normalized spacial score (nSPS) is 10.9. The summed E-state index contributed by atoms with van der Waals surface area (Å²) in [5.74, 6) is 1.45. The van der Waals surface area contributed by atoms with Gasteiger partial charge in [-0.15, -0.1) is 13.2 Å². The van der Waals surface area contributed by atoms with Gasteiger partial charge in [0.25, 0.3) is 0 Å². The van der Waals surface area contributed by atoms with Crippen molar-refractivity contribution in [1.29, 1.82) is 0 Å². The van der Waals surface area contributed by atoms with Crippen molar-refractivity contribution >= 4 is 23.6 Å². The molecule has 0 atom stereocenters. The van der Waals surface area contributed by atoms with Crippen LogP contribution in [0.5, 0.6) is 17.2 Å². The molecule has 6 nitrogen and oxygen atoms in total. The molecule has 4 rings (SSSR count). The highest BCUT2D eigenvalue weighted by molar-refractivity contribution is 5.90. The Bertz CT molecular complexity index is 1250. The van der Waals surface area contributed by atoms with Gasteiger partial charge in [-0.3, -0.25) is 9.69 Å². The van der Waals surface area contributed by atoms with Gasteiger partial charge >= 0.3 is 6.36 Å². The summed E-state index contributed by atoms with van der Waals surface area (Å²) in [7, 11) is 0. The van der Waals surface area contributed by atoms with Crippen LogP contribution in [0.15, 0.2) is 97.2 Å². The van der Waals surface area contributed by atoms with Gasteiger partial charge in [0.15, 0.2) is 5.82 Å². The van der Waals surface area contributed by atoms with Gasteiger partial charge in [0.05, 0.1) is 5.69 Å². The fraction of sp³-hybridized carbons (Fsp3) is 0.0769. The average Bonchev–Trinajstić information content (AvgIpc) is 2.85. The lowest BCUT2D eigenvalue weighted by atomic mass is 10.2. The molecule has 3 aromatic carbocycles. The summed E-state index contributed by atoms with van der Waals surface area (Å²) in [6.45, 7) is 0.271. The fourth-order valence-electron chi connectivity index (χ4n) is 3.28. The maximum Gasteiger partial charge on any atom is 0.573 e. The van der Waals surface area contributed by atoms with Crippen molar-refractivity contribution in [3.05, 3.63) is 103 Å². The third-order valence-electron chi connectivity index (χ3n) is 4.86. The molecule has 0 aliphatic heterocycles. The van der Waals surface area contributed by atoms with E-state index in [9.17, 15) is 18.0 Å². The first-order chi connectivity index (χ1) is 16.9. The molecule has 0 bridgehead atoms. The summed E-state index contributed by atoms with van der Waals surface area (Å²) >= 11 is 0. The van der Waals surface area contributed by atoms with Gasteiger partial charge in [0.1, 0.15) is 17.2 Å². The summed E-state index contributed by atoms with van der Waals surface area (Å²) in [4.78, 5) is 17.7. The van der Waals surface area contributed by atoms with E-state index in [2.05, 4.69) is 15.0 Å². The number of para-hydroxylation sites is 1. The zero-order chi connectivity index (χ0) is 24.7. The zero-order valence-electron chi connectivity index (χ0n) is 18.3. The number of benzene rings is 3. The number of hydrogen-bond donors (Lipinski definition) is 1. The van der Waals surface area contributed by atoms with Gasteiger partial charge < -0.3 is 14.8 Å². The quantitative estimate of drug-likeness (QED) is 0.271. The number of nitrogens with one attached hydrogen (secondary N) is 1. The first-order valence-electron chi connectivity index (χ1n) is 10.5. The van der Waals surface area contributed by atoms with Crippen LogP contribution < -0.4 is 19.7 Å². The smallest absolute Gasteiger partial charge is 0.457 e. The molecular formula is C26H20F3N3O3. The molecule has 0 saturated carbocycles. The predicted octanol–water partition coefficient (Wildman–Crippen LogP) is 6.68. The maximum atomic E-state index is 12.3. The lowest BCUT2D eigenvalue weighted by Gasteiger charge is -2.21. The van der Waals surface area contributed by atoms with E-state index in [1.807, 2.05) is 30.3 Å². The Morgan fingerprint density at radius 2 is 1.49 bits per heavy atom. The molecule has 0 aliphatic carbocycles. The summed E-state index contributed by atoms with van der Waals surface area (Å²) in [5.41, 5.74) is 1.82. The Hall–Kier alpha value is -4.53. The minimum atomic E-state index is -4.74. The van der Waals surface area contributed by atoms with E-state index >= 15 is 0 Å². The first kappa shape index (κ1) is 23.6. The standard InChI is InChI=1S/C26H20F3N3O3/c27-26(28,29)35-23-12-8-19(9-13-23)17-31-25-24(7-4-16-30-25)32(18-33)20-10-14-22(15-11-20)34-21-5-2-1-3-6-21/h1-16,18H,17H2,(H,30,31). The lowest BCUT2D eigenvalue weighted by molar-refractivity contribution is -0.274. The number of carbonyl (C=O) groups excluding carboxylic acids is 1. The minimum Gasteiger partial charge on any atom is -0.457 e. The fourth-order valence-corrected chi connectivity index (χ4v) is 3.28. The summed E-state index contributed by atoms with van der Waals surface area (Å²) in [6, 6.07) is 25.3. The van der Waals surface area contributed by atoms with E-state index in [0.29, 0.717) is 40.7 Å². The molecule has 178 valence electrons. The van der Waals surface area contributed by atoms with Crippen LogP contribution in [0.25, 0.3) is 0 Å². The molecule has 0 aliphatic rings. The number of ether oxygens (including phenoxy) is 2. The second-order valence-corrected chi connectivity index (χ2v) is 7.30. The molecule has 1 aromatic heterocycles. The van der Waals surface area contributed by atoms with Gasteiger partial charge in [-0.2, -0.15) is 0 Å². The van der Waals surface area contributed by atoms with Crippen molar-refractivity contribution in [2.24, 2.45) is 0 Å². The summed E-state index contributed by atoms with van der Waals surface area (Å²) in [6.07, 6.45) is -2.49. The lowest BCUT2D eigenvalue weighted by Crippen LogP contribution is -2.17. The molecule has 1 N–H and O–H groups in total. The average molecular weight is 479 g/mol. The Kier molecular flexibility index (Phi) is 7.15. The summed E-state index contributed by atoms with van der Waals surface area (Å²) < 4.78 is 46.7. The number of hydrogen-bond acceptors (Lipinski definition) is 5. The van der Waals surface area contributed by atoms with Crippen molar-refractivity contribution in [1.82, 2.24) is 4.98 Å². The number of anilines is 3. The molecule has 1 amide bonds. The van der Waals surface area contributed by atoms with Crippen LogP contribution in [-0.4, -0.2) is 17.8 Å². The Balaban J connectivity index is 1.46. The van der Waals surface area contributed by atoms with Crippen LogP contribution in [0.3, 0.4) is 0 Å². The highest BCUT2D eigenvalue weighted by Gasteiger charge is 2.30. The number of carbonyl (C=O) groups is 1. The molecule has 4 aromatic rings. The molecule has 9 heteroatoms. The Labute approximate surface area is 199 Å². The number of rotatable bonds is 9. The number of nitrogens with zero attached hydrogens (tertiary/aromatic N) is 2. The Morgan fingerprint density at radius 1 is 0.829 bits per heavy atom. The SMILES string of the molecule is O=CN(c1ccc(Oc2ccccc2)cc1)c1cccnc1NCc1ccc(OC(F)(F)F)cc1. The highest BCUT2D eigenvalue weighted by atomic mass is 19.4. The van der Waals surface area contributed by atoms with Gasteiger partial charge in [0.2, 0.25) is 6.41 Å². The highest BCUT2D eigenvalue weighted by Crippen LogP contribution is 2.32. The van der Waals surface area contributed by atoms with Crippen molar-refractivity contribution in [2.45, 2.75) is 12.9 Å². The molecular weight excluding hydrogens is 459 g/mol. The number of aromatic nitrogens is 1. The van der Waals surface area contributed by atoms with Crippen molar-refractivity contribution in [2.75, 3.05) is 10.2 Å². The number of amides is 1. The van der Waals surface area contributed by atoms with Crippen LogP contribution in [0.4, 0.5) is 30.4 Å². The maximum absolute atomic E-state index is 12.3. The topological polar surface area (TPSA) is 63.7 Å². The largest absolute Gasteiger partial charge is 0.573 e. The second-order valence-electron chi connectivity index (χ2n) is 7.30. The third kappa shape index (κ3) is 6.50. The Morgan fingerprint density at radius 3 is 2.14 bits per heavy atom. The number of halogens is 3. The van der Waals surface area contributed by atoms with E-state index in [4.69, 9.17) is 4.74 Å². The van der Waals surface area contributed by atoms with Crippen molar-refractivity contribution in [3.63, 3.8) is 0 Å². The van der Waals surface area contributed by atoms with E-state index in [1.54, 1.807) is 42.6 Å². The first-order valence-corrected chi connectivity index (χ1v) is 10.5. The van der Waals surface area contributed by atoms with Gasteiger partial charge in [-0.25, -0.2) is 4.98 Å². The van der Waals surface area contributed by atoms with E-state index in [1.165, 1.54) is 29.2 Å². The molecule has 0 fully saturated rings. The minimum absolute atomic E-state index is 0.271. The molecule has 0 spiro atoms. The van der Waals surface area contributed by atoms with Gasteiger partial charge in [0, 0.05) is 18.4 Å². The van der Waals surface area contributed by atoms with Crippen LogP contribution in [0.2, 0.25) is 0 Å². The molecule has 0 unspecified atom stereocenters. The van der Waals surface area contributed by atoms with E-state index in [0.717, 1.165) is 0 Å². The summed E-state index contributed by atoms with van der Waals surface area (Å²) in [5, 5.41) is 3.13. The predicted molar refractivity (Wildman–Crippen MR) is 126 cm³/mol. The van der Waals surface area contributed by atoms with Gasteiger partial charge in [-0.1, -0.05) is 30.3 Å². The van der Waals surface area contributed by atoms with Crippen molar-refractivity contribution < 1.29 is 27.4 Å². The zero-order valence-corrected chi connectivity index (χ0v) is 18.3. The van der Waals surface area contributed by atoms with E-state index in [-0.39, 0.29) is 12.3 Å². The van der Waals surface area contributed by atoms with Crippen LogP contribution in [0.1, 0.15) is 5.56 Å².